The average molecular weight is 389 g/mol. The average Bonchev–Trinajstić information content (AvgIpc) is 2.57. The molecule has 2 rings (SSSR count). The van der Waals surface area contributed by atoms with Crippen LogP contribution in [0.15, 0.2) is 19.8 Å². The van der Waals surface area contributed by atoms with E-state index in [1.165, 1.54) is 6.20 Å². The van der Waals surface area contributed by atoms with E-state index < -0.39 is 0 Å². The van der Waals surface area contributed by atoms with Gasteiger partial charge in [-0.05, 0) is 52.6 Å². The number of aryl methyl sites for hydroxylation is 2. The van der Waals surface area contributed by atoms with E-state index in [-0.39, 0.29) is 5.91 Å². The van der Waals surface area contributed by atoms with Gasteiger partial charge >= 0.3 is 0 Å². The molecule has 0 spiro atoms. The van der Waals surface area contributed by atoms with Crippen molar-refractivity contribution >= 4 is 43.6 Å². The highest BCUT2D eigenvalue weighted by Crippen LogP contribution is 2.24. The first-order valence-electron chi connectivity index (χ1n) is 5.46. The van der Waals surface area contributed by atoms with Gasteiger partial charge in [-0.3, -0.25) is 4.79 Å². The second kappa shape index (κ2) is 5.42. The zero-order valence-electron chi connectivity index (χ0n) is 10.5. The fourth-order valence-corrected chi connectivity index (χ4v) is 2.64. The van der Waals surface area contributed by atoms with E-state index in [0.717, 1.165) is 11.3 Å². The van der Waals surface area contributed by atoms with E-state index >= 15 is 0 Å². The Kier molecular flexibility index (Phi) is 4.05. The Bertz CT molecular complexity index is 653. The summed E-state index contributed by atoms with van der Waals surface area (Å²) in [5.41, 5.74) is 1.37. The lowest BCUT2D eigenvalue weighted by molar-refractivity contribution is 0.102. The van der Waals surface area contributed by atoms with Crippen molar-refractivity contribution in [1.29, 1.82) is 0 Å². The number of aromatic nitrogens is 2. The summed E-state index contributed by atoms with van der Waals surface area (Å²) in [6.07, 6.45) is 1.51. The molecule has 19 heavy (non-hydrogen) atoms. The summed E-state index contributed by atoms with van der Waals surface area (Å²) >= 11 is 6.45. The van der Waals surface area contributed by atoms with Crippen LogP contribution in [0.3, 0.4) is 0 Å². The summed E-state index contributed by atoms with van der Waals surface area (Å²) in [5, 5.41) is 2.71. The number of hydrogen-bond acceptors (Lipinski definition) is 4. The van der Waals surface area contributed by atoms with Crippen LogP contribution in [0, 0.1) is 20.8 Å². The number of rotatable bonds is 2. The third-order valence-corrected chi connectivity index (χ3v) is 3.66. The number of hydrogen-bond donors (Lipinski definition) is 1. The fraction of sp³-hybridized carbons (Fsp3) is 0.250. The summed E-state index contributed by atoms with van der Waals surface area (Å²) in [4.78, 5) is 20.4. The van der Waals surface area contributed by atoms with Crippen LogP contribution >= 0.6 is 31.9 Å². The molecule has 2 aromatic rings. The Morgan fingerprint density at radius 3 is 2.47 bits per heavy atom. The minimum atomic E-state index is -0.260. The third-order valence-electron chi connectivity index (χ3n) is 2.72. The number of furan rings is 1. The largest absolute Gasteiger partial charge is 0.466 e. The molecule has 1 N–H and O–H groups in total. The molecule has 2 heterocycles. The van der Waals surface area contributed by atoms with Gasteiger partial charge in [0.2, 0.25) is 0 Å². The van der Waals surface area contributed by atoms with Gasteiger partial charge in [-0.15, -0.1) is 0 Å². The molecule has 0 saturated heterocycles. The molecule has 0 saturated carbocycles. The number of carbonyl (C=O) groups excluding carboxylic acids is 1. The van der Waals surface area contributed by atoms with E-state index in [0.29, 0.717) is 26.3 Å². The number of nitrogens with one attached hydrogen (secondary N) is 1. The number of amides is 1. The Morgan fingerprint density at radius 1 is 1.26 bits per heavy atom. The van der Waals surface area contributed by atoms with Crippen molar-refractivity contribution in [2.75, 3.05) is 5.32 Å². The van der Waals surface area contributed by atoms with E-state index in [1.807, 2.05) is 13.8 Å². The molecule has 0 radical (unpaired) electrons. The van der Waals surface area contributed by atoms with Gasteiger partial charge in [-0.2, -0.15) is 0 Å². The van der Waals surface area contributed by atoms with Crippen molar-refractivity contribution in [3.05, 3.63) is 38.1 Å². The quantitative estimate of drug-likeness (QED) is 0.850. The van der Waals surface area contributed by atoms with Crippen LogP contribution in [0.2, 0.25) is 0 Å². The zero-order chi connectivity index (χ0) is 14.2. The maximum absolute atomic E-state index is 12.2. The minimum absolute atomic E-state index is 0.260. The predicted octanol–water partition coefficient (Wildman–Crippen LogP) is 3.77. The lowest BCUT2D eigenvalue weighted by Crippen LogP contribution is -2.15. The lowest BCUT2D eigenvalue weighted by Gasteiger charge is -2.06. The Labute approximate surface area is 127 Å². The summed E-state index contributed by atoms with van der Waals surface area (Å²) < 4.78 is 6.49. The van der Waals surface area contributed by atoms with Crippen molar-refractivity contribution in [1.82, 2.24) is 9.97 Å². The van der Waals surface area contributed by atoms with Crippen molar-refractivity contribution in [2.45, 2.75) is 20.8 Å². The second-order valence-electron chi connectivity index (χ2n) is 4.00. The maximum Gasteiger partial charge on any atom is 0.260 e. The summed E-state index contributed by atoms with van der Waals surface area (Å²) in [6.45, 7) is 5.44. The number of nitrogens with zero attached hydrogens (tertiary/aromatic N) is 2. The van der Waals surface area contributed by atoms with Gasteiger partial charge in [0.15, 0.2) is 5.82 Å². The van der Waals surface area contributed by atoms with Crippen molar-refractivity contribution < 1.29 is 9.21 Å². The summed E-state index contributed by atoms with van der Waals surface area (Å²) in [6, 6.07) is 0. The topological polar surface area (TPSA) is 68.0 Å². The fourth-order valence-electron chi connectivity index (χ4n) is 1.73. The molecular formula is C12H11Br2N3O2. The SMILES string of the molecule is Cc1oc(C)c(C(=O)Nc2ncc(Br)nc2Br)c1C. The molecule has 7 heteroatoms. The molecular weight excluding hydrogens is 378 g/mol. The third kappa shape index (κ3) is 2.87. The number of carbonyl (C=O) groups is 1. The van der Waals surface area contributed by atoms with E-state index in [1.54, 1.807) is 6.92 Å². The smallest absolute Gasteiger partial charge is 0.260 e. The molecule has 0 aliphatic rings. The first-order chi connectivity index (χ1) is 8.90. The molecule has 0 aromatic carbocycles. The molecule has 0 bridgehead atoms. The number of halogens is 2. The Hall–Kier alpha value is -1.21. The Balaban J connectivity index is 2.31. The van der Waals surface area contributed by atoms with Crippen molar-refractivity contribution in [3.8, 4) is 0 Å². The standard InChI is InChI=1S/C12H11Br2N3O2/c1-5-6(2)19-7(3)9(5)12(18)17-11-10(14)16-8(13)4-15-11/h4H,1-3H3,(H,15,17,18). The van der Waals surface area contributed by atoms with Crippen LogP contribution in [0.4, 0.5) is 5.82 Å². The molecule has 0 aliphatic carbocycles. The molecule has 5 nitrogen and oxygen atoms in total. The second-order valence-corrected chi connectivity index (χ2v) is 5.56. The van der Waals surface area contributed by atoms with Gasteiger partial charge < -0.3 is 9.73 Å². The van der Waals surface area contributed by atoms with Crippen LogP contribution in [0.5, 0.6) is 0 Å². The molecule has 0 unspecified atom stereocenters. The summed E-state index contributed by atoms with van der Waals surface area (Å²) in [7, 11) is 0. The number of anilines is 1. The Morgan fingerprint density at radius 2 is 1.95 bits per heavy atom. The highest BCUT2D eigenvalue weighted by molar-refractivity contribution is 9.11. The van der Waals surface area contributed by atoms with Gasteiger partial charge in [0.1, 0.15) is 20.7 Å². The van der Waals surface area contributed by atoms with Gasteiger partial charge in [-0.1, -0.05) is 0 Å². The van der Waals surface area contributed by atoms with Crippen LogP contribution in [0.1, 0.15) is 27.4 Å². The normalized spacial score (nSPS) is 10.6. The maximum atomic E-state index is 12.2. The van der Waals surface area contributed by atoms with E-state index in [4.69, 9.17) is 4.42 Å². The van der Waals surface area contributed by atoms with Crippen molar-refractivity contribution in [2.24, 2.45) is 0 Å². The monoisotopic (exact) mass is 387 g/mol. The van der Waals surface area contributed by atoms with Crippen LogP contribution in [0.25, 0.3) is 0 Å². The predicted molar refractivity (Wildman–Crippen MR) is 78.3 cm³/mol. The van der Waals surface area contributed by atoms with Crippen LogP contribution in [-0.4, -0.2) is 15.9 Å². The van der Waals surface area contributed by atoms with Crippen LogP contribution in [-0.2, 0) is 0 Å². The lowest BCUT2D eigenvalue weighted by atomic mass is 10.1. The summed E-state index contributed by atoms with van der Waals surface area (Å²) in [5.74, 6) is 1.44. The first-order valence-corrected chi connectivity index (χ1v) is 7.04. The van der Waals surface area contributed by atoms with Gasteiger partial charge in [0.05, 0.1) is 11.8 Å². The highest BCUT2D eigenvalue weighted by Gasteiger charge is 2.19. The minimum Gasteiger partial charge on any atom is -0.466 e. The highest BCUT2D eigenvalue weighted by atomic mass is 79.9. The molecule has 1 amide bonds. The van der Waals surface area contributed by atoms with Crippen LogP contribution < -0.4 is 5.32 Å². The van der Waals surface area contributed by atoms with Crippen molar-refractivity contribution in [3.63, 3.8) is 0 Å². The van der Waals surface area contributed by atoms with Gasteiger partial charge in [-0.25, -0.2) is 9.97 Å². The molecule has 0 aliphatic heterocycles. The van der Waals surface area contributed by atoms with E-state index in [9.17, 15) is 4.79 Å². The van der Waals surface area contributed by atoms with Gasteiger partial charge in [0, 0.05) is 5.56 Å². The van der Waals surface area contributed by atoms with E-state index in [2.05, 4.69) is 47.1 Å². The molecule has 100 valence electrons. The molecule has 2 aromatic heterocycles. The molecule has 0 fully saturated rings. The van der Waals surface area contributed by atoms with Gasteiger partial charge in [0.25, 0.3) is 5.91 Å². The zero-order valence-corrected chi connectivity index (χ0v) is 13.7. The molecule has 0 atom stereocenters. The first kappa shape index (κ1) is 14.2.